The Balaban J connectivity index is 2.61. The molecular formula is C18H21NO6. The molecule has 0 aliphatic rings. The van der Waals surface area contributed by atoms with Crippen molar-refractivity contribution in [1.29, 1.82) is 0 Å². The molecule has 0 bridgehead atoms. The zero-order valence-corrected chi connectivity index (χ0v) is 14.6. The van der Waals surface area contributed by atoms with Crippen molar-refractivity contribution >= 4 is 23.0 Å². The molecule has 7 heteroatoms. The maximum atomic E-state index is 12.4. The number of hydrogen-bond acceptors (Lipinski definition) is 6. The van der Waals surface area contributed by atoms with Gasteiger partial charge in [0, 0.05) is 17.1 Å². The average molecular weight is 347 g/mol. The molecule has 0 spiro atoms. The summed E-state index contributed by atoms with van der Waals surface area (Å²) in [5.74, 6) is -0.937. The van der Waals surface area contributed by atoms with E-state index in [2.05, 4.69) is 11.3 Å². The van der Waals surface area contributed by atoms with Gasteiger partial charge in [-0.2, -0.15) is 0 Å². The second-order valence-electron chi connectivity index (χ2n) is 6.53. The van der Waals surface area contributed by atoms with Crippen molar-refractivity contribution in [3.05, 3.63) is 42.1 Å². The predicted octanol–water partition coefficient (Wildman–Crippen LogP) is 2.89. The Labute approximate surface area is 145 Å². The molecule has 0 amide bonds. The summed E-state index contributed by atoms with van der Waals surface area (Å²) in [6.07, 6.45) is -0.811. The number of phenolic OH excluding ortho intramolecular Hbond substituents is 1. The first-order valence-electron chi connectivity index (χ1n) is 7.58. The fourth-order valence-corrected chi connectivity index (χ4v) is 2.40. The van der Waals surface area contributed by atoms with Crippen LogP contribution in [-0.2, 0) is 14.3 Å². The van der Waals surface area contributed by atoms with E-state index < -0.39 is 23.8 Å². The lowest BCUT2D eigenvalue weighted by atomic mass is 10.0. The van der Waals surface area contributed by atoms with E-state index in [1.165, 1.54) is 23.9 Å². The van der Waals surface area contributed by atoms with Gasteiger partial charge in [-0.25, -0.2) is 9.59 Å². The van der Waals surface area contributed by atoms with Crippen molar-refractivity contribution in [3.8, 4) is 5.75 Å². The smallest absolute Gasteiger partial charge is 0.419 e. The zero-order valence-electron chi connectivity index (χ0n) is 14.6. The molecule has 2 N–H and O–H groups in total. The number of esters is 1. The summed E-state index contributed by atoms with van der Waals surface area (Å²) in [6.45, 7) is 8.70. The van der Waals surface area contributed by atoms with Crippen molar-refractivity contribution in [2.24, 2.45) is 0 Å². The van der Waals surface area contributed by atoms with E-state index in [-0.39, 0.29) is 22.3 Å². The van der Waals surface area contributed by atoms with Crippen LogP contribution in [0.25, 0.3) is 10.9 Å². The molecule has 1 aromatic heterocycles. The zero-order chi connectivity index (χ0) is 18.9. The fourth-order valence-electron chi connectivity index (χ4n) is 2.40. The van der Waals surface area contributed by atoms with Crippen LogP contribution in [0.1, 0.15) is 32.4 Å². The Hall–Kier alpha value is -2.80. The van der Waals surface area contributed by atoms with Gasteiger partial charge in [-0.1, -0.05) is 12.6 Å². The molecule has 0 saturated heterocycles. The number of ether oxygens (including phenoxy) is 2. The second-order valence-corrected chi connectivity index (χ2v) is 6.53. The molecule has 0 aliphatic heterocycles. The number of fused-ring (bicyclic) bond motifs is 1. The molecule has 134 valence electrons. The van der Waals surface area contributed by atoms with Gasteiger partial charge in [0.05, 0.1) is 18.2 Å². The Morgan fingerprint density at radius 2 is 1.92 bits per heavy atom. The maximum Gasteiger partial charge on any atom is 0.419 e. The van der Waals surface area contributed by atoms with Gasteiger partial charge in [0.1, 0.15) is 17.5 Å². The number of methoxy groups -OCH3 is 1. The van der Waals surface area contributed by atoms with Gasteiger partial charge in [-0.15, -0.1) is 0 Å². The summed E-state index contributed by atoms with van der Waals surface area (Å²) in [5, 5.41) is 20.9. The minimum atomic E-state index is -1.45. The molecule has 1 unspecified atom stereocenters. The quantitative estimate of drug-likeness (QED) is 0.654. The predicted molar refractivity (Wildman–Crippen MR) is 91.4 cm³/mol. The molecular weight excluding hydrogens is 326 g/mol. The van der Waals surface area contributed by atoms with Crippen LogP contribution in [0, 0.1) is 0 Å². The Bertz CT molecular complexity index is 843. The highest BCUT2D eigenvalue weighted by Crippen LogP contribution is 2.36. The summed E-state index contributed by atoms with van der Waals surface area (Å²) in [7, 11) is 1.17. The number of carbonyl (C=O) groups is 2. The first-order chi connectivity index (χ1) is 11.6. The number of phenols is 1. The van der Waals surface area contributed by atoms with E-state index >= 15 is 0 Å². The molecule has 1 atom stereocenters. The van der Waals surface area contributed by atoms with Gasteiger partial charge in [0.15, 0.2) is 0 Å². The number of carbonyl (C=O) groups excluding carboxylic acids is 2. The molecule has 7 nitrogen and oxygen atoms in total. The van der Waals surface area contributed by atoms with Gasteiger partial charge in [0.25, 0.3) is 0 Å². The van der Waals surface area contributed by atoms with Gasteiger partial charge in [-0.05, 0) is 32.9 Å². The molecule has 25 heavy (non-hydrogen) atoms. The largest absolute Gasteiger partial charge is 0.507 e. The lowest BCUT2D eigenvalue weighted by Crippen LogP contribution is -2.26. The minimum absolute atomic E-state index is 0.147. The van der Waals surface area contributed by atoms with Crippen LogP contribution in [0.3, 0.4) is 0 Å². The third kappa shape index (κ3) is 3.66. The number of aliphatic hydroxyl groups is 1. The minimum Gasteiger partial charge on any atom is -0.507 e. The summed E-state index contributed by atoms with van der Waals surface area (Å²) < 4.78 is 11.1. The standard InChI is InChI=1S/C18H21NO6/c1-10(16(22)24-5)15(21)11-9-19(17(23)25-18(2,3)4)12-7-6-8-13(20)14(11)12/h6-9,15,20-21H,1H2,2-5H3. The van der Waals surface area contributed by atoms with Crippen molar-refractivity contribution in [2.45, 2.75) is 32.5 Å². The van der Waals surface area contributed by atoms with Crippen molar-refractivity contribution < 1.29 is 29.3 Å². The monoisotopic (exact) mass is 347 g/mol. The Kier molecular flexibility index (Phi) is 4.89. The highest BCUT2D eigenvalue weighted by molar-refractivity contribution is 5.98. The highest BCUT2D eigenvalue weighted by Gasteiger charge is 2.27. The Morgan fingerprint density at radius 1 is 1.28 bits per heavy atom. The molecule has 0 radical (unpaired) electrons. The number of hydrogen-bond donors (Lipinski definition) is 2. The van der Waals surface area contributed by atoms with E-state index in [9.17, 15) is 19.8 Å². The van der Waals surface area contributed by atoms with Crippen molar-refractivity contribution in [1.82, 2.24) is 4.57 Å². The van der Waals surface area contributed by atoms with E-state index in [1.807, 2.05) is 0 Å². The topological polar surface area (TPSA) is 98.0 Å². The van der Waals surface area contributed by atoms with Crippen molar-refractivity contribution in [3.63, 3.8) is 0 Å². The number of aromatic hydroxyl groups is 1. The van der Waals surface area contributed by atoms with Gasteiger partial charge in [0.2, 0.25) is 0 Å². The first-order valence-corrected chi connectivity index (χ1v) is 7.58. The number of aromatic nitrogens is 1. The lowest BCUT2D eigenvalue weighted by Gasteiger charge is -2.19. The van der Waals surface area contributed by atoms with E-state index in [0.29, 0.717) is 5.52 Å². The normalized spacial score (nSPS) is 12.7. The summed E-state index contributed by atoms with van der Waals surface area (Å²) in [6, 6.07) is 4.57. The van der Waals surface area contributed by atoms with E-state index in [1.54, 1.807) is 32.9 Å². The second kappa shape index (κ2) is 6.60. The maximum absolute atomic E-state index is 12.4. The Morgan fingerprint density at radius 3 is 2.48 bits per heavy atom. The van der Waals surface area contributed by atoms with Gasteiger partial charge >= 0.3 is 12.1 Å². The molecule has 0 aliphatic carbocycles. The van der Waals surface area contributed by atoms with Crippen LogP contribution >= 0.6 is 0 Å². The third-order valence-electron chi connectivity index (χ3n) is 3.50. The molecule has 1 aromatic carbocycles. The molecule has 2 aromatic rings. The number of benzene rings is 1. The SMILES string of the molecule is C=C(C(=O)OC)C(O)c1cn(C(=O)OC(C)(C)C)c2cccc(O)c12. The lowest BCUT2D eigenvalue weighted by molar-refractivity contribution is -0.137. The number of nitrogens with zero attached hydrogens (tertiary/aromatic N) is 1. The summed E-state index contributed by atoms with van der Waals surface area (Å²) in [5.41, 5.74) is -0.455. The van der Waals surface area contributed by atoms with Crippen LogP contribution in [0.15, 0.2) is 36.5 Å². The summed E-state index contributed by atoms with van der Waals surface area (Å²) in [4.78, 5) is 24.1. The van der Waals surface area contributed by atoms with Crippen LogP contribution in [0.4, 0.5) is 4.79 Å². The molecule has 0 fully saturated rings. The molecule has 0 saturated carbocycles. The molecule has 2 rings (SSSR count). The van der Waals surface area contributed by atoms with Crippen LogP contribution in [0.5, 0.6) is 5.75 Å². The highest BCUT2D eigenvalue weighted by atomic mass is 16.6. The number of rotatable bonds is 3. The van der Waals surface area contributed by atoms with E-state index in [0.717, 1.165) is 0 Å². The van der Waals surface area contributed by atoms with Crippen LogP contribution < -0.4 is 0 Å². The van der Waals surface area contributed by atoms with Gasteiger partial charge in [-0.3, -0.25) is 4.57 Å². The van der Waals surface area contributed by atoms with Crippen molar-refractivity contribution in [2.75, 3.05) is 7.11 Å². The van der Waals surface area contributed by atoms with Gasteiger partial charge < -0.3 is 19.7 Å². The first kappa shape index (κ1) is 18.5. The average Bonchev–Trinajstić information content (AvgIpc) is 2.92. The van der Waals surface area contributed by atoms with Crippen LogP contribution in [0.2, 0.25) is 0 Å². The fraction of sp³-hybridized carbons (Fsp3) is 0.333. The summed E-state index contributed by atoms with van der Waals surface area (Å²) >= 11 is 0. The third-order valence-corrected chi connectivity index (χ3v) is 3.50. The molecule has 1 heterocycles. The van der Waals surface area contributed by atoms with Crippen LogP contribution in [-0.4, -0.2) is 39.6 Å². The number of aliphatic hydroxyl groups excluding tert-OH is 1. The van der Waals surface area contributed by atoms with E-state index in [4.69, 9.17) is 4.74 Å².